The Morgan fingerprint density at radius 1 is 1.27 bits per heavy atom. The summed E-state index contributed by atoms with van der Waals surface area (Å²) < 4.78 is 0. The third-order valence-corrected chi connectivity index (χ3v) is 3.12. The number of nitrogens with zero attached hydrogens (tertiary/aromatic N) is 1. The predicted molar refractivity (Wildman–Crippen MR) is 69.1 cm³/mol. The molecule has 15 heavy (non-hydrogen) atoms. The topological polar surface area (TPSA) is 29.3 Å². The maximum absolute atomic E-state index is 6.28. The van der Waals surface area contributed by atoms with Crippen molar-refractivity contribution >= 4 is 0 Å². The highest BCUT2D eigenvalue weighted by atomic mass is 15.1. The molecule has 2 atom stereocenters. The summed E-state index contributed by atoms with van der Waals surface area (Å²) in [5, 5.41) is 0. The zero-order chi connectivity index (χ0) is 11.9. The SMILES string of the molecule is CCCC(C)(N)CN(CC)CC(C)CC. The average Bonchev–Trinajstić information content (AvgIpc) is 2.16. The van der Waals surface area contributed by atoms with Crippen LogP contribution in [0, 0.1) is 5.92 Å². The van der Waals surface area contributed by atoms with Crippen LogP contribution in [0.15, 0.2) is 0 Å². The summed E-state index contributed by atoms with van der Waals surface area (Å²) in [6.45, 7) is 14.5. The van der Waals surface area contributed by atoms with Gasteiger partial charge in [0.15, 0.2) is 0 Å². The third-order valence-electron chi connectivity index (χ3n) is 3.12. The summed E-state index contributed by atoms with van der Waals surface area (Å²) in [5.74, 6) is 0.780. The first-order valence-electron chi connectivity index (χ1n) is 6.46. The molecule has 0 aliphatic rings. The maximum Gasteiger partial charge on any atom is 0.0254 e. The molecule has 0 aromatic rings. The van der Waals surface area contributed by atoms with E-state index in [-0.39, 0.29) is 5.54 Å². The smallest absolute Gasteiger partial charge is 0.0254 e. The second kappa shape index (κ2) is 7.24. The summed E-state index contributed by atoms with van der Waals surface area (Å²) >= 11 is 0. The summed E-state index contributed by atoms with van der Waals surface area (Å²) in [7, 11) is 0. The Kier molecular flexibility index (Phi) is 7.20. The fraction of sp³-hybridized carbons (Fsp3) is 1.00. The Morgan fingerprint density at radius 3 is 2.27 bits per heavy atom. The Labute approximate surface area is 96.2 Å². The molecule has 2 nitrogen and oxygen atoms in total. The van der Waals surface area contributed by atoms with E-state index in [0.29, 0.717) is 0 Å². The lowest BCUT2D eigenvalue weighted by atomic mass is 9.96. The quantitative estimate of drug-likeness (QED) is 0.673. The lowest BCUT2D eigenvalue weighted by Gasteiger charge is -2.33. The monoisotopic (exact) mass is 214 g/mol. The van der Waals surface area contributed by atoms with Crippen molar-refractivity contribution in [2.24, 2.45) is 11.7 Å². The zero-order valence-electron chi connectivity index (χ0n) is 11.3. The van der Waals surface area contributed by atoms with Crippen molar-refractivity contribution in [2.45, 2.75) is 59.4 Å². The summed E-state index contributed by atoms with van der Waals surface area (Å²) in [6.07, 6.45) is 3.55. The molecule has 0 aliphatic carbocycles. The van der Waals surface area contributed by atoms with E-state index in [2.05, 4.69) is 39.5 Å². The number of hydrogen-bond acceptors (Lipinski definition) is 2. The lowest BCUT2D eigenvalue weighted by Crippen LogP contribution is -2.48. The molecule has 0 fully saturated rings. The molecule has 0 saturated carbocycles. The molecule has 0 aliphatic heterocycles. The van der Waals surface area contributed by atoms with Gasteiger partial charge in [0, 0.05) is 18.6 Å². The number of rotatable bonds is 8. The van der Waals surface area contributed by atoms with E-state index in [9.17, 15) is 0 Å². The van der Waals surface area contributed by atoms with Gasteiger partial charge in [0.1, 0.15) is 0 Å². The average molecular weight is 214 g/mol. The number of hydrogen-bond donors (Lipinski definition) is 1. The van der Waals surface area contributed by atoms with Crippen LogP contribution in [0.4, 0.5) is 0 Å². The first kappa shape index (κ1) is 14.9. The molecule has 0 spiro atoms. The van der Waals surface area contributed by atoms with E-state index in [4.69, 9.17) is 5.73 Å². The van der Waals surface area contributed by atoms with Gasteiger partial charge in [0.2, 0.25) is 0 Å². The summed E-state index contributed by atoms with van der Waals surface area (Å²) in [6, 6.07) is 0. The molecule has 92 valence electrons. The van der Waals surface area contributed by atoms with Crippen LogP contribution in [0.3, 0.4) is 0 Å². The van der Waals surface area contributed by atoms with Gasteiger partial charge in [-0.25, -0.2) is 0 Å². The van der Waals surface area contributed by atoms with Gasteiger partial charge in [0.05, 0.1) is 0 Å². The molecule has 0 aromatic carbocycles. The molecule has 0 saturated heterocycles. The largest absolute Gasteiger partial charge is 0.324 e. The van der Waals surface area contributed by atoms with E-state index in [1.54, 1.807) is 0 Å². The fourth-order valence-corrected chi connectivity index (χ4v) is 2.04. The Bertz CT molecular complexity index is 155. The summed E-state index contributed by atoms with van der Waals surface area (Å²) in [5.41, 5.74) is 6.26. The highest BCUT2D eigenvalue weighted by Gasteiger charge is 2.21. The molecule has 0 amide bonds. The van der Waals surface area contributed by atoms with Gasteiger partial charge in [-0.2, -0.15) is 0 Å². The highest BCUT2D eigenvalue weighted by Crippen LogP contribution is 2.13. The van der Waals surface area contributed by atoms with Gasteiger partial charge >= 0.3 is 0 Å². The highest BCUT2D eigenvalue weighted by molar-refractivity contribution is 4.82. The molecular weight excluding hydrogens is 184 g/mol. The molecule has 0 bridgehead atoms. The van der Waals surface area contributed by atoms with Crippen molar-refractivity contribution in [3.63, 3.8) is 0 Å². The Hall–Kier alpha value is -0.0800. The molecule has 0 radical (unpaired) electrons. The second-order valence-corrected chi connectivity index (χ2v) is 5.25. The molecule has 2 heteroatoms. The van der Waals surface area contributed by atoms with Crippen LogP contribution in [-0.4, -0.2) is 30.1 Å². The van der Waals surface area contributed by atoms with Gasteiger partial charge < -0.3 is 10.6 Å². The molecule has 0 aromatic heterocycles. The van der Waals surface area contributed by atoms with E-state index < -0.39 is 0 Å². The van der Waals surface area contributed by atoms with Crippen molar-refractivity contribution in [3.05, 3.63) is 0 Å². The number of nitrogens with two attached hydrogens (primary N) is 1. The molecular formula is C13H30N2. The minimum atomic E-state index is -0.0157. The van der Waals surface area contributed by atoms with E-state index in [1.807, 2.05) is 0 Å². The fourth-order valence-electron chi connectivity index (χ4n) is 2.04. The molecule has 2 N–H and O–H groups in total. The van der Waals surface area contributed by atoms with Gasteiger partial charge in [0.25, 0.3) is 0 Å². The lowest BCUT2D eigenvalue weighted by molar-refractivity contribution is 0.192. The van der Waals surface area contributed by atoms with Crippen LogP contribution in [0.1, 0.15) is 53.9 Å². The van der Waals surface area contributed by atoms with Gasteiger partial charge in [-0.1, -0.05) is 40.5 Å². The normalized spacial score (nSPS) is 17.8. The third kappa shape index (κ3) is 6.91. The minimum Gasteiger partial charge on any atom is -0.324 e. The standard InChI is InChI=1S/C13H30N2/c1-6-9-13(5,14)11-15(8-3)10-12(4)7-2/h12H,6-11,14H2,1-5H3. The van der Waals surface area contributed by atoms with Crippen LogP contribution in [0.5, 0.6) is 0 Å². The molecule has 0 heterocycles. The predicted octanol–water partition coefficient (Wildman–Crippen LogP) is 2.87. The van der Waals surface area contributed by atoms with Crippen molar-refractivity contribution in [2.75, 3.05) is 19.6 Å². The van der Waals surface area contributed by atoms with Crippen LogP contribution in [-0.2, 0) is 0 Å². The van der Waals surface area contributed by atoms with E-state index >= 15 is 0 Å². The molecule has 2 unspecified atom stereocenters. The minimum absolute atomic E-state index is 0.0157. The Morgan fingerprint density at radius 2 is 1.87 bits per heavy atom. The van der Waals surface area contributed by atoms with Crippen LogP contribution in [0.25, 0.3) is 0 Å². The zero-order valence-corrected chi connectivity index (χ0v) is 11.3. The van der Waals surface area contributed by atoms with Crippen molar-refractivity contribution in [1.29, 1.82) is 0 Å². The van der Waals surface area contributed by atoms with E-state index in [0.717, 1.165) is 25.4 Å². The van der Waals surface area contributed by atoms with E-state index in [1.165, 1.54) is 19.4 Å². The molecule has 0 rings (SSSR count). The summed E-state index contributed by atoms with van der Waals surface area (Å²) in [4.78, 5) is 2.49. The van der Waals surface area contributed by atoms with Crippen LogP contribution < -0.4 is 5.73 Å². The van der Waals surface area contributed by atoms with Crippen LogP contribution in [0.2, 0.25) is 0 Å². The number of likely N-dealkylation sites (N-methyl/N-ethyl adjacent to an activating group) is 1. The van der Waals surface area contributed by atoms with Crippen molar-refractivity contribution in [1.82, 2.24) is 4.90 Å². The van der Waals surface area contributed by atoms with Gasteiger partial charge in [-0.3, -0.25) is 0 Å². The first-order chi connectivity index (χ1) is 6.95. The Balaban J connectivity index is 4.07. The van der Waals surface area contributed by atoms with Gasteiger partial charge in [-0.05, 0) is 25.8 Å². The van der Waals surface area contributed by atoms with Crippen molar-refractivity contribution in [3.8, 4) is 0 Å². The maximum atomic E-state index is 6.28. The second-order valence-electron chi connectivity index (χ2n) is 5.25. The van der Waals surface area contributed by atoms with Crippen molar-refractivity contribution < 1.29 is 0 Å². The van der Waals surface area contributed by atoms with Crippen LogP contribution >= 0.6 is 0 Å². The first-order valence-corrected chi connectivity index (χ1v) is 6.46. The van der Waals surface area contributed by atoms with Gasteiger partial charge in [-0.15, -0.1) is 0 Å².